The molecule has 33 heavy (non-hydrogen) atoms. The van der Waals surface area contributed by atoms with Gasteiger partial charge in [-0.1, -0.05) is 42.5 Å². The molecule has 0 bridgehead atoms. The zero-order valence-corrected chi connectivity index (χ0v) is 19.3. The van der Waals surface area contributed by atoms with Crippen LogP contribution in [0.15, 0.2) is 54.6 Å². The highest BCUT2D eigenvalue weighted by Crippen LogP contribution is 2.15. The highest BCUT2D eigenvalue weighted by molar-refractivity contribution is 5.72. The molecule has 2 rings (SSSR count). The van der Waals surface area contributed by atoms with Gasteiger partial charge in [-0.05, 0) is 36.6 Å². The first-order valence-corrected chi connectivity index (χ1v) is 11.0. The summed E-state index contributed by atoms with van der Waals surface area (Å²) in [5.41, 5.74) is 1.95. The van der Waals surface area contributed by atoms with E-state index in [1.165, 1.54) is 7.11 Å². The van der Waals surface area contributed by atoms with Crippen LogP contribution in [-0.4, -0.2) is 68.2 Å². The van der Waals surface area contributed by atoms with Crippen LogP contribution in [0.25, 0.3) is 0 Å². The molecule has 0 aromatic heterocycles. The third-order valence-electron chi connectivity index (χ3n) is 4.88. The van der Waals surface area contributed by atoms with Crippen molar-refractivity contribution in [1.29, 1.82) is 0 Å². The van der Waals surface area contributed by atoms with Crippen molar-refractivity contribution in [2.75, 3.05) is 40.0 Å². The smallest absolute Gasteiger partial charge is 0.409 e. The molecule has 0 radical (unpaired) electrons. The van der Waals surface area contributed by atoms with Crippen LogP contribution in [-0.2, 0) is 32.0 Å². The third kappa shape index (κ3) is 9.93. The van der Waals surface area contributed by atoms with Crippen LogP contribution < -0.4 is 4.74 Å². The molecule has 1 N–H and O–H groups in total. The number of nitrogens with zero attached hydrogens (tertiary/aromatic N) is 1. The number of methoxy groups -OCH3 is 1. The quantitative estimate of drug-likeness (QED) is 0.405. The molecular formula is C25H33NO7. The fourth-order valence-electron chi connectivity index (χ4n) is 3.17. The number of carbonyl (C=O) groups is 2. The maximum absolute atomic E-state index is 12.0. The van der Waals surface area contributed by atoms with Crippen molar-refractivity contribution in [1.82, 2.24) is 4.90 Å². The Balaban J connectivity index is 1.73. The lowest BCUT2D eigenvalue weighted by Crippen LogP contribution is -2.35. The second-order valence-electron chi connectivity index (χ2n) is 7.33. The van der Waals surface area contributed by atoms with E-state index in [-0.39, 0.29) is 6.42 Å². The molecule has 0 aliphatic rings. The van der Waals surface area contributed by atoms with Crippen LogP contribution in [0.3, 0.4) is 0 Å². The predicted octanol–water partition coefficient (Wildman–Crippen LogP) is 3.77. The molecule has 0 saturated heterocycles. The van der Waals surface area contributed by atoms with Gasteiger partial charge in [0.05, 0.1) is 20.3 Å². The highest BCUT2D eigenvalue weighted by Gasteiger charge is 2.18. The number of carboxylic acids is 1. The van der Waals surface area contributed by atoms with Gasteiger partial charge in [0.15, 0.2) is 6.10 Å². The predicted molar refractivity (Wildman–Crippen MR) is 123 cm³/mol. The van der Waals surface area contributed by atoms with E-state index in [0.29, 0.717) is 51.7 Å². The van der Waals surface area contributed by atoms with Gasteiger partial charge in [0.2, 0.25) is 0 Å². The number of rotatable bonds is 15. The molecule has 1 unspecified atom stereocenters. The molecule has 8 heteroatoms. The molecule has 0 fully saturated rings. The third-order valence-corrected chi connectivity index (χ3v) is 4.88. The fourth-order valence-corrected chi connectivity index (χ4v) is 3.17. The van der Waals surface area contributed by atoms with Gasteiger partial charge < -0.3 is 29.0 Å². The highest BCUT2D eigenvalue weighted by atomic mass is 16.5. The van der Waals surface area contributed by atoms with Crippen molar-refractivity contribution in [3.05, 3.63) is 65.7 Å². The summed E-state index contributed by atoms with van der Waals surface area (Å²) in [6.45, 7) is 4.35. The Kier molecular flexibility index (Phi) is 11.8. The minimum absolute atomic E-state index is 0.284. The van der Waals surface area contributed by atoms with Crippen LogP contribution in [0.5, 0.6) is 5.75 Å². The van der Waals surface area contributed by atoms with E-state index >= 15 is 0 Å². The minimum Gasteiger partial charge on any atom is -0.492 e. The topological polar surface area (TPSA) is 94.5 Å². The van der Waals surface area contributed by atoms with E-state index in [9.17, 15) is 14.7 Å². The van der Waals surface area contributed by atoms with Gasteiger partial charge in [-0.15, -0.1) is 0 Å². The van der Waals surface area contributed by atoms with Gasteiger partial charge in [-0.25, -0.2) is 9.59 Å². The number of hydrogen-bond donors (Lipinski definition) is 1. The normalized spacial score (nSPS) is 11.6. The average Bonchev–Trinajstić information content (AvgIpc) is 2.83. The molecule has 0 heterocycles. The minimum atomic E-state index is -0.981. The lowest BCUT2D eigenvalue weighted by atomic mass is 10.1. The summed E-state index contributed by atoms with van der Waals surface area (Å²) < 4.78 is 21.5. The van der Waals surface area contributed by atoms with E-state index < -0.39 is 18.2 Å². The Bertz CT molecular complexity index is 826. The first-order valence-electron chi connectivity index (χ1n) is 11.0. The monoisotopic (exact) mass is 459 g/mol. The molecule has 1 amide bonds. The Labute approximate surface area is 195 Å². The Hall–Kier alpha value is -3.10. The first-order chi connectivity index (χ1) is 16.0. The van der Waals surface area contributed by atoms with E-state index in [1.54, 1.807) is 24.0 Å². The van der Waals surface area contributed by atoms with Crippen molar-refractivity contribution in [2.45, 2.75) is 32.5 Å². The zero-order chi connectivity index (χ0) is 23.9. The standard InChI is InChI=1S/C25H33NO7/c1-3-32-23(24(27)28)18-20-10-12-22(13-11-20)33-17-15-26(25(29)30-2)14-7-16-31-19-21-8-5-4-6-9-21/h4-6,8-13,23H,3,7,14-19H2,1-2H3,(H,27,28). The van der Waals surface area contributed by atoms with Gasteiger partial charge in [-0.2, -0.15) is 0 Å². The van der Waals surface area contributed by atoms with Gasteiger partial charge in [0.1, 0.15) is 12.4 Å². The van der Waals surface area contributed by atoms with Crippen LogP contribution in [0.2, 0.25) is 0 Å². The Morgan fingerprint density at radius 2 is 1.70 bits per heavy atom. The van der Waals surface area contributed by atoms with Crippen molar-refractivity contribution in [2.24, 2.45) is 0 Å². The van der Waals surface area contributed by atoms with Crippen LogP contribution in [0.1, 0.15) is 24.5 Å². The second kappa shape index (κ2) is 14.9. The van der Waals surface area contributed by atoms with Crippen LogP contribution in [0.4, 0.5) is 4.79 Å². The first kappa shape index (κ1) is 26.2. The van der Waals surface area contributed by atoms with E-state index in [0.717, 1.165) is 11.1 Å². The average molecular weight is 460 g/mol. The van der Waals surface area contributed by atoms with E-state index in [1.807, 2.05) is 42.5 Å². The number of benzene rings is 2. The second-order valence-corrected chi connectivity index (χ2v) is 7.33. The summed E-state index contributed by atoms with van der Waals surface area (Å²) >= 11 is 0. The summed E-state index contributed by atoms with van der Waals surface area (Å²) in [4.78, 5) is 24.8. The number of carbonyl (C=O) groups excluding carboxylic acids is 1. The fraction of sp³-hybridized carbons (Fsp3) is 0.440. The zero-order valence-electron chi connectivity index (χ0n) is 19.3. The molecule has 2 aromatic carbocycles. The van der Waals surface area contributed by atoms with Crippen molar-refractivity contribution in [3.63, 3.8) is 0 Å². The molecule has 0 aliphatic heterocycles. The lowest BCUT2D eigenvalue weighted by Gasteiger charge is -2.21. The molecular weight excluding hydrogens is 426 g/mol. The summed E-state index contributed by atoms with van der Waals surface area (Å²) in [5, 5.41) is 9.20. The number of amides is 1. The molecule has 0 spiro atoms. The molecule has 2 aromatic rings. The van der Waals surface area contributed by atoms with Crippen molar-refractivity contribution in [3.8, 4) is 5.75 Å². The summed E-state index contributed by atoms with van der Waals surface area (Å²) in [6, 6.07) is 17.1. The van der Waals surface area contributed by atoms with E-state index in [4.69, 9.17) is 18.9 Å². The molecule has 1 atom stereocenters. The van der Waals surface area contributed by atoms with Crippen molar-refractivity contribution < 1.29 is 33.6 Å². The Morgan fingerprint density at radius 3 is 2.33 bits per heavy atom. The molecule has 0 saturated carbocycles. The van der Waals surface area contributed by atoms with Gasteiger partial charge in [0, 0.05) is 26.2 Å². The maximum atomic E-state index is 12.0. The lowest BCUT2D eigenvalue weighted by molar-refractivity contribution is -0.149. The Morgan fingerprint density at radius 1 is 0.970 bits per heavy atom. The summed E-state index contributed by atoms with van der Waals surface area (Å²) in [7, 11) is 1.35. The van der Waals surface area contributed by atoms with Crippen molar-refractivity contribution >= 4 is 12.1 Å². The van der Waals surface area contributed by atoms with Gasteiger partial charge >= 0.3 is 12.1 Å². The molecule has 0 aliphatic carbocycles. The van der Waals surface area contributed by atoms with Crippen LogP contribution >= 0.6 is 0 Å². The largest absolute Gasteiger partial charge is 0.492 e. The number of ether oxygens (including phenoxy) is 4. The van der Waals surface area contributed by atoms with Gasteiger partial charge in [0.25, 0.3) is 0 Å². The number of hydrogen-bond acceptors (Lipinski definition) is 6. The summed E-state index contributed by atoms with van der Waals surface area (Å²) in [5.74, 6) is -0.344. The van der Waals surface area contributed by atoms with E-state index in [2.05, 4.69) is 0 Å². The maximum Gasteiger partial charge on any atom is 0.409 e. The SMILES string of the molecule is CCOC(Cc1ccc(OCCN(CCCOCc2ccccc2)C(=O)OC)cc1)C(=O)O. The summed E-state index contributed by atoms with van der Waals surface area (Å²) in [6.07, 6.45) is -0.313. The molecule has 180 valence electrons. The van der Waals surface area contributed by atoms with Crippen LogP contribution in [0, 0.1) is 0 Å². The van der Waals surface area contributed by atoms with Gasteiger partial charge in [-0.3, -0.25) is 0 Å². The number of aliphatic carboxylic acids is 1. The number of carboxylic acid groups (broad SMARTS) is 1. The molecule has 8 nitrogen and oxygen atoms in total.